The van der Waals surface area contributed by atoms with E-state index in [1.165, 1.54) is 6.08 Å². The van der Waals surface area contributed by atoms with Crippen molar-refractivity contribution in [3.8, 4) is 0 Å². The molecule has 0 aliphatic carbocycles. The molecule has 0 aromatic carbocycles. The van der Waals surface area contributed by atoms with Crippen molar-refractivity contribution in [2.75, 3.05) is 59.3 Å². The summed E-state index contributed by atoms with van der Waals surface area (Å²) in [7, 11) is 0. The Morgan fingerprint density at radius 3 is 1.58 bits per heavy atom. The molecule has 1 atom stereocenters. The third-order valence-corrected chi connectivity index (χ3v) is 3.99. The maximum atomic E-state index is 12.1. The summed E-state index contributed by atoms with van der Waals surface area (Å²) in [4.78, 5) is 34.6. The Hall–Kier alpha value is -2.83. The lowest BCUT2D eigenvalue weighted by molar-refractivity contribution is -0.122. The second-order valence-electron chi connectivity index (χ2n) is 6.76. The summed E-state index contributed by atoms with van der Waals surface area (Å²) >= 11 is 0. The van der Waals surface area contributed by atoms with E-state index in [4.69, 9.17) is 14.2 Å². The smallest absolute Gasteiger partial charge is 0.244 e. The zero-order chi connectivity index (χ0) is 25.0. The number of aliphatic hydroxyl groups is 1. The van der Waals surface area contributed by atoms with E-state index in [0.29, 0.717) is 6.54 Å². The summed E-state index contributed by atoms with van der Waals surface area (Å²) in [6.45, 7) is 15.1. The fraction of sp³-hybridized carbons (Fsp3) is 0.500. The standard InChI is InChI=1S/C22H36N4O7/c1-5-18(27)23-9-12-31-15-22(26-21(30)8-4,16-32-13-10-24-19(28)6-2)17-33-14-11-25-20(29)7-3/h5-8,18,23,27H,1-4,9-17H2,(H,24,28)(H,25,29)(H,26,30). The maximum Gasteiger partial charge on any atom is 0.244 e. The fourth-order valence-corrected chi connectivity index (χ4v) is 2.35. The Morgan fingerprint density at radius 2 is 1.18 bits per heavy atom. The molecular weight excluding hydrogens is 432 g/mol. The van der Waals surface area contributed by atoms with Crippen LogP contribution in [0.5, 0.6) is 0 Å². The van der Waals surface area contributed by atoms with Crippen LogP contribution in [-0.2, 0) is 28.6 Å². The van der Waals surface area contributed by atoms with Crippen LogP contribution in [0.4, 0.5) is 0 Å². The quantitative estimate of drug-likeness (QED) is 0.0609. The number of nitrogens with one attached hydrogen (secondary N) is 4. The topological polar surface area (TPSA) is 147 Å². The zero-order valence-corrected chi connectivity index (χ0v) is 19.0. The molecule has 0 fully saturated rings. The van der Waals surface area contributed by atoms with Crippen molar-refractivity contribution in [2.45, 2.75) is 11.8 Å². The van der Waals surface area contributed by atoms with Crippen LogP contribution in [0.1, 0.15) is 0 Å². The van der Waals surface area contributed by atoms with E-state index in [1.54, 1.807) is 0 Å². The molecule has 33 heavy (non-hydrogen) atoms. The van der Waals surface area contributed by atoms with Crippen molar-refractivity contribution in [3.63, 3.8) is 0 Å². The lowest BCUT2D eigenvalue weighted by Gasteiger charge is -2.34. The number of aliphatic hydroxyl groups excluding tert-OH is 1. The highest BCUT2D eigenvalue weighted by atomic mass is 16.5. The van der Waals surface area contributed by atoms with Gasteiger partial charge in [-0.25, -0.2) is 0 Å². The van der Waals surface area contributed by atoms with Crippen LogP contribution < -0.4 is 21.3 Å². The highest BCUT2D eigenvalue weighted by Gasteiger charge is 2.33. The molecule has 0 aliphatic rings. The van der Waals surface area contributed by atoms with Crippen molar-refractivity contribution in [1.82, 2.24) is 21.3 Å². The third kappa shape index (κ3) is 15.6. The van der Waals surface area contributed by atoms with E-state index in [-0.39, 0.29) is 64.5 Å². The predicted octanol–water partition coefficient (Wildman–Crippen LogP) is -1.22. The summed E-state index contributed by atoms with van der Waals surface area (Å²) in [6.07, 6.45) is 3.90. The summed E-state index contributed by atoms with van der Waals surface area (Å²) in [6, 6.07) is 0. The van der Waals surface area contributed by atoms with E-state index in [9.17, 15) is 19.5 Å². The van der Waals surface area contributed by atoms with Gasteiger partial charge in [0.1, 0.15) is 11.8 Å². The molecule has 0 spiro atoms. The zero-order valence-electron chi connectivity index (χ0n) is 19.0. The van der Waals surface area contributed by atoms with E-state index in [1.807, 2.05) is 0 Å². The number of rotatable bonds is 21. The van der Waals surface area contributed by atoms with Crippen LogP contribution in [0.15, 0.2) is 50.6 Å². The molecule has 11 heteroatoms. The Kier molecular flexibility index (Phi) is 17.1. The van der Waals surface area contributed by atoms with Gasteiger partial charge < -0.3 is 35.3 Å². The summed E-state index contributed by atoms with van der Waals surface area (Å²) in [5, 5.41) is 20.2. The summed E-state index contributed by atoms with van der Waals surface area (Å²) in [5.74, 6) is -1.11. The van der Waals surface area contributed by atoms with Crippen molar-refractivity contribution in [1.29, 1.82) is 0 Å². The molecular formula is C22H36N4O7. The van der Waals surface area contributed by atoms with Crippen LogP contribution in [-0.4, -0.2) is 93.9 Å². The first-order chi connectivity index (χ1) is 15.8. The van der Waals surface area contributed by atoms with Crippen LogP contribution in [0.2, 0.25) is 0 Å². The lowest BCUT2D eigenvalue weighted by Crippen LogP contribution is -2.58. The van der Waals surface area contributed by atoms with Crippen molar-refractivity contribution >= 4 is 17.7 Å². The molecule has 11 nitrogen and oxygen atoms in total. The van der Waals surface area contributed by atoms with Crippen LogP contribution in [0.25, 0.3) is 0 Å². The SMILES string of the molecule is C=CC(=O)NCCOCC(COCCNC(=O)C=C)(COCCNC(O)C=C)NC(=O)C=C. The molecule has 3 amide bonds. The van der Waals surface area contributed by atoms with E-state index >= 15 is 0 Å². The molecule has 0 aromatic rings. The Morgan fingerprint density at radius 1 is 0.758 bits per heavy atom. The number of hydrogen-bond acceptors (Lipinski definition) is 8. The van der Waals surface area contributed by atoms with Crippen molar-refractivity contribution in [2.24, 2.45) is 0 Å². The minimum atomic E-state index is -1.08. The minimum Gasteiger partial charge on any atom is -0.378 e. The van der Waals surface area contributed by atoms with Gasteiger partial charge in [-0.05, 0) is 24.3 Å². The fourth-order valence-electron chi connectivity index (χ4n) is 2.35. The van der Waals surface area contributed by atoms with E-state index in [2.05, 4.69) is 47.6 Å². The minimum absolute atomic E-state index is 0.0122. The highest BCUT2D eigenvalue weighted by Crippen LogP contribution is 2.09. The molecule has 0 radical (unpaired) electrons. The predicted molar refractivity (Wildman–Crippen MR) is 124 cm³/mol. The van der Waals surface area contributed by atoms with Gasteiger partial charge in [0.2, 0.25) is 17.7 Å². The average molecular weight is 469 g/mol. The van der Waals surface area contributed by atoms with Gasteiger partial charge in [0, 0.05) is 19.6 Å². The molecule has 0 bridgehead atoms. The van der Waals surface area contributed by atoms with Gasteiger partial charge in [0.25, 0.3) is 0 Å². The van der Waals surface area contributed by atoms with E-state index in [0.717, 1.165) is 18.2 Å². The van der Waals surface area contributed by atoms with Gasteiger partial charge in [-0.3, -0.25) is 19.7 Å². The Balaban J connectivity index is 4.99. The molecule has 186 valence electrons. The van der Waals surface area contributed by atoms with E-state index < -0.39 is 17.7 Å². The van der Waals surface area contributed by atoms with Gasteiger partial charge in [-0.2, -0.15) is 0 Å². The van der Waals surface area contributed by atoms with Crippen molar-refractivity contribution in [3.05, 3.63) is 50.6 Å². The highest BCUT2D eigenvalue weighted by molar-refractivity contribution is 5.87. The first-order valence-electron chi connectivity index (χ1n) is 10.3. The molecule has 0 heterocycles. The number of carbonyl (C=O) groups excluding carboxylic acids is 3. The first kappa shape index (κ1) is 30.2. The second-order valence-corrected chi connectivity index (χ2v) is 6.76. The normalized spacial score (nSPS) is 11.7. The van der Waals surface area contributed by atoms with Crippen LogP contribution in [0, 0.1) is 0 Å². The first-order valence-corrected chi connectivity index (χ1v) is 10.3. The molecule has 1 unspecified atom stereocenters. The van der Waals surface area contributed by atoms with Gasteiger partial charge in [-0.1, -0.05) is 26.3 Å². The number of hydrogen-bond donors (Lipinski definition) is 5. The summed E-state index contributed by atoms with van der Waals surface area (Å²) in [5.41, 5.74) is -1.08. The number of amides is 3. The monoisotopic (exact) mass is 468 g/mol. The van der Waals surface area contributed by atoms with Gasteiger partial charge in [-0.15, -0.1) is 0 Å². The van der Waals surface area contributed by atoms with Gasteiger partial charge in [0.05, 0.1) is 39.6 Å². The molecule has 0 aliphatic heterocycles. The average Bonchev–Trinajstić information content (AvgIpc) is 2.82. The molecule has 0 saturated heterocycles. The number of ether oxygens (including phenoxy) is 3. The lowest BCUT2D eigenvalue weighted by atomic mass is 10.0. The Bertz CT molecular complexity index is 625. The van der Waals surface area contributed by atoms with Gasteiger partial charge >= 0.3 is 0 Å². The molecule has 0 rings (SSSR count). The largest absolute Gasteiger partial charge is 0.378 e. The summed E-state index contributed by atoms with van der Waals surface area (Å²) < 4.78 is 17.0. The Labute approximate surface area is 194 Å². The van der Waals surface area contributed by atoms with Crippen LogP contribution >= 0.6 is 0 Å². The molecule has 0 saturated carbocycles. The second kappa shape index (κ2) is 18.7. The molecule has 5 N–H and O–H groups in total. The van der Waals surface area contributed by atoms with Gasteiger partial charge in [0.15, 0.2) is 0 Å². The van der Waals surface area contributed by atoms with Crippen LogP contribution in [0.3, 0.4) is 0 Å². The molecule has 0 aromatic heterocycles. The number of carbonyl (C=O) groups is 3. The van der Waals surface area contributed by atoms with Crippen molar-refractivity contribution < 1.29 is 33.7 Å². The maximum absolute atomic E-state index is 12.1. The third-order valence-electron chi connectivity index (χ3n) is 3.99.